The number of fused-ring (bicyclic) bond motifs is 5. The van der Waals surface area contributed by atoms with Crippen LogP contribution in [0.3, 0.4) is 0 Å². The van der Waals surface area contributed by atoms with E-state index in [4.69, 9.17) is 9.25 Å². The lowest BCUT2D eigenvalue weighted by atomic mass is 9.45. The van der Waals surface area contributed by atoms with E-state index in [1.165, 1.54) is 69.8 Å². The van der Waals surface area contributed by atoms with Gasteiger partial charge in [-0.1, -0.05) is 37.4 Å². The van der Waals surface area contributed by atoms with Crippen molar-refractivity contribution in [2.45, 2.75) is 122 Å². The van der Waals surface area contributed by atoms with Gasteiger partial charge in [0.1, 0.15) is 6.61 Å². The van der Waals surface area contributed by atoms with Gasteiger partial charge in [-0.25, -0.2) is 4.79 Å². The average molecular weight is 565 g/mol. The molecule has 6 rings (SSSR count). The number of nitrogens with zero attached hydrogens (tertiary/aromatic N) is 2. The maximum atomic E-state index is 12.4. The lowest BCUT2D eigenvalue weighted by Crippen LogP contribution is -2.60. The number of aliphatic hydroxyl groups is 1. The molecule has 0 amide bonds. The van der Waals surface area contributed by atoms with Gasteiger partial charge in [-0.05, 0) is 144 Å². The van der Waals surface area contributed by atoms with Crippen LogP contribution in [0.25, 0.3) is 0 Å². The summed E-state index contributed by atoms with van der Waals surface area (Å²) >= 11 is 0. The molecule has 4 fully saturated rings. The first kappa shape index (κ1) is 29.2. The maximum Gasteiger partial charge on any atom is 0.335 e. The predicted octanol–water partition coefficient (Wildman–Crippen LogP) is 7.22. The molecule has 5 aliphatic rings. The van der Waals surface area contributed by atoms with E-state index in [1.807, 2.05) is 6.07 Å². The summed E-state index contributed by atoms with van der Waals surface area (Å²) in [4.78, 5) is 20.0. The molecule has 1 aliphatic heterocycles. The highest BCUT2D eigenvalue weighted by atomic mass is 16.6. The van der Waals surface area contributed by atoms with Crippen LogP contribution in [0.1, 0.15) is 122 Å². The molecule has 4 aliphatic carbocycles. The van der Waals surface area contributed by atoms with Gasteiger partial charge in [0.25, 0.3) is 0 Å². The van der Waals surface area contributed by atoms with Gasteiger partial charge in [-0.2, -0.15) is 0 Å². The third-order valence-corrected chi connectivity index (χ3v) is 12.4. The van der Waals surface area contributed by atoms with E-state index in [9.17, 15) is 9.90 Å². The van der Waals surface area contributed by atoms with Crippen molar-refractivity contribution in [2.75, 3.05) is 26.2 Å². The van der Waals surface area contributed by atoms with Crippen LogP contribution in [-0.2, 0) is 4.84 Å². The second-order valence-corrected chi connectivity index (χ2v) is 14.4. The second kappa shape index (κ2) is 12.0. The minimum atomic E-state index is -0.670. The Morgan fingerprint density at radius 3 is 2.61 bits per heavy atom. The van der Waals surface area contributed by atoms with E-state index < -0.39 is 5.60 Å². The quantitative estimate of drug-likeness (QED) is 0.253. The summed E-state index contributed by atoms with van der Waals surface area (Å²) < 4.78 is 5.24. The SMILES string of the molecule is C[C@]12CC/C(=N\OCCCCCCN3CCCCC3)C=C1CCC1C2CC[C@]2(C)[C@@H](c3ccc(=O)oc3)CC[C@]12O. The Morgan fingerprint density at radius 1 is 0.976 bits per heavy atom. The molecule has 1 aromatic heterocycles. The Labute approximate surface area is 246 Å². The van der Waals surface area contributed by atoms with Crippen molar-refractivity contribution in [1.82, 2.24) is 4.90 Å². The molecule has 6 atom stereocenters. The summed E-state index contributed by atoms with van der Waals surface area (Å²) in [6.07, 6.45) is 21.1. The van der Waals surface area contributed by atoms with E-state index in [-0.39, 0.29) is 22.4 Å². The number of rotatable bonds is 9. The fraction of sp³-hybridized carbons (Fsp3) is 0.771. The van der Waals surface area contributed by atoms with E-state index in [1.54, 1.807) is 6.26 Å². The zero-order chi connectivity index (χ0) is 28.5. The van der Waals surface area contributed by atoms with Gasteiger partial charge in [0.2, 0.25) is 0 Å². The van der Waals surface area contributed by atoms with Crippen LogP contribution in [0.2, 0.25) is 0 Å². The van der Waals surface area contributed by atoms with Crippen molar-refractivity contribution in [2.24, 2.45) is 27.8 Å². The molecule has 0 spiro atoms. The molecule has 226 valence electrons. The standard InChI is InChI=1S/C35H52N2O4/c1-33-17-14-28(36-41-23-9-4-3-6-20-37-21-7-5-8-22-37)24-27(33)11-12-31-30(33)15-18-34(2)29(16-19-35(31,34)39)26-10-13-32(38)40-25-26/h10,13,24-25,29-31,39H,3-9,11-12,14-23H2,1-2H3/b36-28+/t29-,30?,31?,33+,34-,35+/m1/s1. The van der Waals surface area contributed by atoms with Crippen LogP contribution >= 0.6 is 0 Å². The Hall–Kier alpha value is -1.92. The smallest absolute Gasteiger partial charge is 0.335 e. The summed E-state index contributed by atoms with van der Waals surface area (Å²) in [6, 6.07) is 3.45. The molecule has 0 radical (unpaired) electrons. The van der Waals surface area contributed by atoms with Crippen LogP contribution in [0.5, 0.6) is 0 Å². The highest BCUT2D eigenvalue weighted by molar-refractivity contribution is 5.96. The topological polar surface area (TPSA) is 75.3 Å². The Bertz CT molecular complexity index is 1160. The monoisotopic (exact) mass is 564 g/mol. The number of allylic oxidation sites excluding steroid dienone is 2. The van der Waals surface area contributed by atoms with Crippen LogP contribution in [0, 0.1) is 22.7 Å². The lowest BCUT2D eigenvalue weighted by molar-refractivity contribution is -0.176. The molecule has 0 bridgehead atoms. The molecule has 6 nitrogen and oxygen atoms in total. The molecule has 41 heavy (non-hydrogen) atoms. The minimum absolute atomic E-state index is 0.130. The lowest BCUT2D eigenvalue weighted by Gasteiger charge is -2.61. The summed E-state index contributed by atoms with van der Waals surface area (Å²) in [6.45, 7) is 9.34. The first-order valence-electron chi connectivity index (χ1n) is 16.8. The number of unbranched alkanes of at least 4 members (excludes halogenated alkanes) is 3. The van der Waals surface area contributed by atoms with Crippen molar-refractivity contribution in [3.05, 3.63) is 46.0 Å². The Morgan fingerprint density at radius 2 is 1.80 bits per heavy atom. The molecule has 1 saturated heterocycles. The van der Waals surface area contributed by atoms with Crippen LogP contribution in [0.4, 0.5) is 0 Å². The first-order chi connectivity index (χ1) is 19.8. The van der Waals surface area contributed by atoms with E-state index in [0.29, 0.717) is 11.8 Å². The number of hydrogen-bond acceptors (Lipinski definition) is 6. The number of likely N-dealkylation sites (tertiary alicyclic amines) is 1. The fourth-order valence-electron chi connectivity index (χ4n) is 9.88. The average Bonchev–Trinajstić information content (AvgIpc) is 3.26. The van der Waals surface area contributed by atoms with Gasteiger partial charge < -0.3 is 19.3 Å². The largest absolute Gasteiger partial charge is 0.431 e. The molecule has 6 heteroatoms. The molecule has 1 N–H and O–H groups in total. The maximum absolute atomic E-state index is 12.4. The fourth-order valence-corrected chi connectivity index (χ4v) is 9.88. The third kappa shape index (κ3) is 5.48. The Balaban J connectivity index is 1.03. The Kier molecular flexibility index (Phi) is 8.53. The van der Waals surface area contributed by atoms with E-state index in [2.05, 4.69) is 30.0 Å². The molecule has 2 unspecified atom stereocenters. The molecule has 1 aromatic rings. The van der Waals surface area contributed by atoms with Crippen molar-refractivity contribution < 1.29 is 14.4 Å². The van der Waals surface area contributed by atoms with Gasteiger partial charge in [-0.15, -0.1) is 0 Å². The molecule has 2 heterocycles. The van der Waals surface area contributed by atoms with Gasteiger partial charge in [0, 0.05) is 11.5 Å². The van der Waals surface area contributed by atoms with Crippen LogP contribution < -0.4 is 5.63 Å². The van der Waals surface area contributed by atoms with Crippen molar-refractivity contribution in [1.29, 1.82) is 0 Å². The van der Waals surface area contributed by atoms with Crippen LogP contribution in [0.15, 0.2) is 44.4 Å². The third-order valence-electron chi connectivity index (χ3n) is 12.4. The number of hydrogen-bond donors (Lipinski definition) is 1. The van der Waals surface area contributed by atoms with Crippen molar-refractivity contribution in [3.63, 3.8) is 0 Å². The molecular formula is C35H52N2O4. The first-order valence-corrected chi connectivity index (χ1v) is 16.8. The zero-order valence-corrected chi connectivity index (χ0v) is 25.5. The summed E-state index contributed by atoms with van der Waals surface area (Å²) in [5.41, 5.74) is 2.67. The number of piperidine rings is 1. The molecular weight excluding hydrogens is 512 g/mol. The number of oxime groups is 1. The summed E-state index contributed by atoms with van der Waals surface area (Å²) in [7, 11) is 0. The van der Waals surface area contributed by atoms with Crippen LogP contribution in [-0.4, -0.2) is 47.6 Å². The molecule has 3 saturated carbocycles. The highest BCUT2D eigenvalue weighted by Gasteiger charge is 2.66. The van der Waals surface area contributed by atoms with Crippen molar-refractivity contribution in [3.8, 4) is 0 Å². The minimum Gasteiger partial charge on any atom is -0.431 e. The van der Waals surface area contributed by atoms with E-state index in [0.717, 1.165) is 75.7 Å². The highest BCUT2D eigenvalue weighted by Crippen LogP contribution is 2.69. The molecule has 0 aromatic carbocycles. The zero-order valence-electron chi connectivity index (χ0n) is 25.5. The van der Waals surface area contributed by atoms with Gasteiger partial charge in [0.05, 0.1) is 17.6 Å². The van der Waals surface area contributed by atoms with Gasteiger partial charge >= 0.3 is 5.63 Å². The summed E-state index contributed by atoms with van der Waals surface area (Å²) in [5, 5.41) is 17.0. The van der Waals surface area contributed by atoms with Gasteiger partial charge in [0.15, 0.2) is 0 Å². The van der Waals surface area contributed by atoms with Gasteiger partial charge in [-0.3, -0.25) is 0 Å². The van der Waals surface area contributed by atoms with Crippen molar-refractivity contribution >= 4 is 5.71 Å². The van der Waals surface area contributed by atoms with E-state index >= 15 is 0 Å². The second-order valence-electron chi connectivity index (χ2n) is 14.4. The normalized spacial score (nSPS) is 38.2. The predicted molar refractivity (Wildman–Crippen MR) is 163 cm³/mol. The summed E-state index contributed by atoms with van der Waals surface area (Å²) in [5.74, 6) is 1.05.